The number of hydrogen-bond donors (Lipinski definition) is 1. The quantitative estimate of drug-likeness (QED) is 0.625. The molecule has 1 aromatic carbocycles. The number of carbonyl (C=O) groups excluding carboxylic acids is 1. The second kappa shape index (κ2) is 7.32. The summed E-state index contributed by atoms with van der Waals surface area (Å²) in [6, 6.07) is 5.32. The number of methoxy groups -OCH3 is 2. The van der Waals surface area contributed by atoms with Gasteiger partial charge >= 0.3 is 5.97 Å². The lowest BCUT2D eigenvalue weighted by molar-refractivity contribution is -0.136. The highest BCUT2D eigenvalue weighted by molar-refractivity contribution is 6.42. The predicted octanol–water partition coefficient (Wildman–Crippen LogP) is 4.56. The van der Waals surface area contributed by atoms with Crippen molar-refractivity contribution in [2.24, 2.45) is 0 Å². The van der Waals surface area contributed by atoms with Crippen molar-refractivity contribution in [3.8, 4) is 0 Å². The zero-order chi connectivity index (χ0) is 18.0. The van der Waals surface area contributed by atoms with Crippen LogP contribution >= 0.6 is 23.2 Å². The molecule has 1 aliphatic heterocycles. The number of nitrogens with one attached hydrogen (secondary N) is 1. The molecule has 1 N–H and O–H groups in total. The van der Waals surface area contributed by atoms with Crippen LogP contribution in [0.1, 0.15) is 25.3 Å². The molecule has 1 aromatic rings. The van der Waals surface area contributed by atoms with E-state index in [-0.39, 0.29) is 0 Å². The average Bonchev–Trinajstić information content (AvgIpc) is 2.55. The van der Waals surface area contributed by atoms with Crippen molar-refractivity contribution in [2.75, 3.05) is 14.2 Å². The number of ether oxygens (including phenoxy) is 2. The topological polar surface area (TPSA) is 47.6 Å². The van der Waals surface area contributed by atoms with Crippen LogP contribution in [0, 0.1) is 0 Å². The number of esters is 1. The van der Waals surface area contributed by atoms with Crippen molar-refractivity contribution in [1.29, 1.82) is 0 Å². The molecular formula is C18H19Cl2NO3. The van der Waals surface area contributed by atoms with Gasteiger partial charge in [0.15, 0.2) is 0 Å². The van der Waals surface area contributed by atoms with Gasteiger partial charge in [0.25, 0.3) is 0 Å². The summed E-state index contributed by atoms with van der Waals surface area (Å²) in [7, 11) is 2.87. The third kappa shape index (κ3) is 3.17. The van der Waals surface area contributed by atoms with Crippen molar-refractivity contribution in [3.05, 3.63) is 68.7 Å². The first kappa shape index (κ1) is 18.4. The fourth-order valence-corrected chi connectivity index (χ4v) is 3.33. The Morgan fingerprint density at radius 1 is 1.12 bits per heavy atom. The summed E-state index contributed by atoms with van der Waals surface area (Å²) < 4.78 is 10.3. The van der Waals surface area contributed by atoms with Gasteiger partial charge in [-0.25, -0.2) is 4.79 Å². The molecule has 0 aliphatic carbocycles. The van der Waals surface area contributed by atoms with Gasteiger partial charge in [0.05, 0.1) is 29.8 Å². The molecule has 128 valence electrons. The van der Waals surface area contributed by atoms with Gasteiger partial charge in [-0.15, -0.1) is 0 Å². The number of dihydropyridines is 1. The van der Waals surface area contributed by atoms with Crippen LogP contribution in [0.3, 0.4) is 0 Å². The molecule has 6 heteroatoms. The third-order valence-corrected chi connectivity index (χ3v) is 4.84. The number of allylic oxidation sites excluding steroid dienone is 3. The van der Waals surface area contributed by atoms with E-state index in [1.54, 1.807) is 12.1 Å². The Bertz CT molecular complexity index is 728. The second-order valence-electron chi connectivity index (χ2n) is 5.40. The van der Waals surface area contributed by atoms with E-state index >= 15 is 0 Å². The molecule has 0 amide bonds. The van der Waals surface area contributed by atoms with Gasteiger partial charge in [0.2, 0.25) is 0 Å². The van der Waals surface area contributed by atoms with Crippen molar-refractivity contribution in [2.45, 2.75) is 19.8 Å². The molecule has 1 atom stereocenters. The van der Waals surface area contributed by atoms with Gasteiger partial charge in [-0.05, 0) is 25.5 Å². The summed E-state index contributed by atoms with van der Waals surface area (Å²) in [6.45, 7) is 7.65. The average molecular weight is 368 g/mol. The molecule has 2 rings (SSSR count). The molecule has 0 fully saturated rings. The minimum absolute atomic E-state index is 0.384. The summed E-state index contributed by atoms with van der Waals surface area (Å²) in [6.07, 6.45) is 0. The molecule has 24 heavy (non-hydrogen) atoms. The first-order chi connectivity index (χ1) is 11.3. The maximum absolute atomic E-state index is 12.4. The number of hydrogen-bond acceptors (Lipinski definition) is 4. The van der Waals surface area contributed by atoms with Crippen LogP contribution in [0.25, 0.3) is 0 Å². The van der Waals surface area contributed by atoms with Gasteiger partial charge < -0.3 is 14.8 Å². The van der Waals surface area contributed by atoms with Gasteiger partial charge in [0, 0.05) is 22.9 Å². The first-order valence-electron chi connectivity index (χ1n) is 7.27. The van der Waals surface area contributed by atoms with Crippen molar-refractivity contribution >= 4 is 29.2 Å². The minimum Gasteiger partial charge on any atom is -0.497 e. The lowest BCUT2D eigenvalue weighted by atomic mass is 9.79. The normalized spacial score (nSPS) is 17.5. The molecular weight excluding hydrogens is 349 g/mol. The van der Waals surface area contributed by atoms with Crippen LogP contribution in [0.4, 0.5) is 0 Å². The van der Waals surface area contributed by atoms with Crippen LogP contribution in [0.15, 0.2) is 53.1 Å². The summed E-state index contributed by atoms with van der Waals surface area (Å²) in [5.41, 5.74) is 3.38. The van der Waals surface area contributed by atoms with Gasteiger partial charge in [-0.2, -0.15) is 0 Å². The number of carbonyl (C=O) groups is 1. The standard InChI is InChI=1S/C18H19Cl2NO3/c1-9-14(11(3)23-4)16(12-7-6-8-13(19)17(12)20)15(10(2)21-9)18(22)24-5/h6-8,16,21H,3H2,1-2,4-5H3. The second-order valence-corrected chi connectivity index (χ2v) is 6.18. The van der Waals surface area contributed by atoms with Gasteiger partial charge in [-0.3, -0.25) is 0 Å². The monoisotopic (exact) mass is 367 g/mol. The number of benzene rings is 1. The minimum atomic E-state index is -0.489. The van der Waals surface area contributed by atoms with Gasteiger partial charge in [-0.1, -0.05) is 41.9 Å². The Morgan fingerprint density at radius 2 is 1.75 bits per heavy atom. The van der Waals surface area contributed by atoms with Crippen molar-refractivity contribution in [1.82, 2.24) is 5.32 Å². The summed E-state index contributed by atoms with van der Waals surface area (Å²) in [4.78, 5) is 12.4. The molecule has 0 radical (unpaired) electrons. The van der Waals surface area contributed by atoms with Crippen LogP contribution in [-0.2, 0) is 14.3 Å². The van der Waals surface area contributed by atoms with Crippen LogP contribution in [0.5, 0.6) is 0 Å². The maximum Gasteiger partial charge on any atom is 0.336 e. The highest BCUT2D eigenvalue weighted by Crippen LogP contribution is 2.45. The van der Waals surface area contributed by atoms with Crippen LogP contribution < -0.4 is 5.32 Å². The molecule has 0 saturated heterocycles. The third-order valence-electron chi connectivity index (χ3n) is 4.00. The Morgan fingerprint density at radius 3 is 2.33 bits per heavy atom. The summed E-state index contributed by atoms with van der Waals surface area (Å²) in [5, 5.41) is 3.98. The van der Waals surface area contributed by atoms with E-state index < -0.39 is 11.9 Å². The van der Waals surface area contributed by atoms with Crippen molar-refractivity contribution in [3.63, 3.8) is 0 Å². The zero-order valence-electron chi connectivity index (χ0n) is 14.0. The molecule has 0 saturated carbocycles. The van der Waals surface area contributed by atoms with E-state index in [1.807, 2.05) is 19.9 Å². The first-order valence-corrected chi connectivity index (χ1v) is 8.03. The molecule has 0 aromatic heterocycles. The summed E-state index contributed by atoms with van der Waals surface area (Å²) >= 11 is 12.6. The molecule has 0 bridgehead atoms. The largest absolute Gasteiger partial charge is 0.497 e. The van der Waals surface area contributed by atoms with E-state index in [4.69, 9.17) is 32.7 Å². The van der Waals surface area contributed by atoms with Gasteiger partial charge in [0.1, 0.15) is 5.76 Å². The molecule has 0 spiro atoms. The number of halogens is 2. The smallest absolute Gasteiger partial charge is 0.336 e. The zero-order valence-corrected chi connectivity index (χ0v) is 15.5. The van der Waals surface area contributed by atoms with E-state index in [0.29, 0.717) is 32.6 Å². The Hall–Kier alpha value is -1.91. The van der Waals surface area contributed by atoms with E-state index in [0.717, 1.165) is 11.3 Å². The SMILES string of the molecule is C=C(OC)C1=C(C)NC(C)=C(C(=O)OC)C1c1cccc(Cl)c1Cl. The maximum atomic E-state index is 12.4. The molecule has 1 unspecified atom stereocenters. The molecule has 4 nitrogen and oxygen atoms in total. The Labute approximate surface area is 151 Å². The van der Waals surface area contributed by atoms with E-state index in [1.165, 1.54) is 14.2 Å². The van der Waals surface area contributed by atoms with E-state index in [9.17, 15) is 4.79 Å². The highest BCUT2D eigenvalue weighted by atomic mass is 35.5. The molecule has 1 heterocycles. The highest BCUT2D eigenvalue weighted by Gasteiger charge is 2.36. The van der Waals surface area contributed by atoms with E-state index in [2.05, 4.69) is 11.9 Å². The predicted molar refractivity (Wildman–Crippen MR) is 95.9 cm³/mol. The van der Waals surface area contributed by atoms with Crippen LogP contribution in [-0.4, -0.2) is 20.2 Å². The Balaban J connectivity index is 2.77. The molecule has 1 aliphatic rings. The van der Waals surface area contributed by atoms with Crippen molar-refractivity contribution < 1.29 is 14.3 Å². The summed E-state index contributed by atoms with van der Waals surface area (Å²) in [5.74, 6) is -0.498. The van der Waals surface area contributed by atoms with Crippen LogP contribution in [0.2, 0.25) is 10.0 Å². The Kier molecular flexibility index (Phi) is 5.62. The lowest BCUT2D eigenvalue weighted by Crippen LogP contribution is -2.29. The number of rotatable bonds is 4. The lowest BCUT2D eigenvalue weighted by Gasteiger charge is -2.32. The fraction of sp³-hybridized carbons (Fsp3) is 0.278. The fourth-order valence-electron chi connectivity index (χ4n) is 2.91.